The average molecular weight is 590 g/mol. The summed E-state index contributed by atoms with van der Waals surface area (Å²) in [5.74, 6) is 0.253. The van der Waals surface area contributed by atoms with E-state index < -0.39 is 17.9 Å². The van der Waals surface area contributed by atoms with Crippen molar-refractivity contribution in [2.45, 2.75) is 26.3 Å². The summed E-state index contributed by atoms with van der Waals surface area (Å²) in [6.45, 7) is 4.92. The van der Waals surface area contributed by atoms with Crippen molar-refractivity contribution in [2.24, 2.45) is 0 Å². The molecule has 10 heteroatoms. The van der Waals surface area contributed by atoms with Crippen LogP contribution in [-0.4, -0.2) is 58.5 Å². The van der Waals surface area contributed by atoms with Crippen molar-refractivity contribution in [2.75, 3.05) is 41.7 Å². The molecule has 0 aliphatic carbocycles. The Balaban J connectivity index is 2.13. The minimum atomic E-state index is -0.775. The quantitative estimate of drug-likeness (QED) is 0.336. The van der Waals surface area contributed by atoms with E-state index in [0.29, 0.717) is 52.8 Å². The van der Waals surface area contributed by atoms with E-state index in [-0.39, 0.29) is 11.1 Å². The van der Waals surface area contributed by atoms with E-state index in [0.717, 1.165) is 5.56 Å². The summed E-state index contributed by atoms with van der Waals surface area (Å²) in [5, 5.41) is 0. The number of carbonyl (C=O) groups excluding carboxylic acids is 2. The van der Waals surface area contributed by atoms with Gasteiger partial charge >= 0.3 is 11.9 Å². The first-order chi connectivity index (χ1) is 18.3. The van der Waals surface area contributed by atoms with E-state index in [4.69, 9.17) is 28.4 Å². The van der Waals surface area contributed by atoms with Gasteiger partial charge in [-0.05, 0) is 65.2 Å². The van der Waals surface area contributed by atoms with Crippen LogP contribution in [0.4, 0.5) is 0 Å². The smallest absolute Gasteiger partial charge is 0.336 e. The lowest BCUT2D eigenvalue weighted by atomic mass is 9.83. The number of ether oxygens (including phenoxy) is 6. The van der Waals surface area contributed by atoms with Crippen LogP contribution in [-0.2, 0) is 25.6 Å². The second-order valence-electron chi connectivity index (χ2n) is 8.14. The first kappa shape index (κ1) is 28.9. The Morgan fingerprint density at radius 3 is 1.95 bits per heavy atom. The summed E-state index contributed by atoms with van der Waals surface area (Å²) >= 11 is 3.56. The Morgan fingerprint density at radius 2 is 1.42 bits per heavy atom. The zero-order valence-corrected chi connectivity index (χ0v) is 23.9. The third kappa shape index (κ3) is 6.24. The Bertz CT molecular complexity index is 1210. The third-order valence-electron chi connectivity index (χ3n) is 5.84. The lowest BCUT2D eigenvalue weighted by Gasteiger charge is -2.30. The van der Waals surface area contributed by atoms with Gasteiger partial charge in [-0.3, -0.25) is 0 Å². The van der Waals surface area contributed by atoms with Crippen molar-refractivity contribution < 1.29 is 38.0 Å². The van der Waals surface area contributed by atoms with E-state index in [1.807, 2.05) is 26.0 Å². The van der Waals surface area contributed by atoms with Gasteiger partial charge in [0.1, 0.15) is 0 Å². The highest BCUT2D eigenvalue weighted by Gasteiger charge is 2.36. The summed E-state index contributed by atoms with van der Waals surface area (Å²) in [4.78, 5) is 27.8. The molecule has 0 N–H and O–H groups in total. The number of benzene rings is 2. The van der Waals surface area contributed by atoms with E-state index in [1.165, 1.54) is 14.2 Å². The molecule has 2 aromatic rings. The molecule has 204 valence electrons. The zero-order valence-electron chi connectivity index (χ0n) is 22.3. The molecule has 0 amide bonds. The lowest BCUT2D eigenvalue weighted by Crippen LogP contribution is -2.28. The number of esters is 2. The number of carbonyl (C=O) groups is 2. The van der Waals surface area contributed by atoms with Crippen LogP contribution in [0.15, 0.2) is 58.4 Å². The highest BCUT2D eigenvalue weighted by molar-refractivity contribution is 9.10. The number of hydrogen-bond donors (Lipinski definition) is 0. The van der Waals surface area contributed by atoms with E-state index in [9.17, 15) is 9.59 Å². The van der Waals surface area contributed by atoms with Crippen LogP contribution in [0.2, 0.25) is 0 Å². The minimum absolute atomic E-state index is 0.259. The molecule has 0 bridgehead atoms. The fourth-order valence-corrected chi connectivity index (χ4v) is 4.80. The van der Waals surface area contributed by atoms with Crippen molar-refractivity contribution >= 4 is 27.9 Å². The molecule has 0 unspecified atom stereocenters. The maximum Gasteiger partial charge on any atom is 0.336 e. The van der Waals surface area contributed by atoms with Gasteiger partial charge in [0.15, 0.2) is 23.0 Å². The second kappa shape index (κ2) is 13.2. The molecule has 38 heavy (non-hydrogen) atoms. The predicted octanol–water partition coefficient (Wildman–Crippen LogP) is 4.98. The summed E-state index contributed by atoms with van der Waals surface area (Å²) in [7, 11) is 5.72. The number of rotatable bonds is 11. The Labute approximate surface area is 231 Å². The van der Waals surface area contributed by atoms with Crippen LogP contribution in [0.1, 0.15) is 30.9 Å². The first-order valence-electron chi connectivity index (χ1n) is 12.0. The van der Waals surface area contributed by atoms with E-state index >= 15 is 0 Å². The van der Waals surface area contributed by atoms with Crippen LogP contribution in [0, 0.1) is 0 Å². The molecule has 1 heterocycles. The molecule has 0 aromatic heterocycles. The SMILES string of the molecule is CCOc1cc(C2C(C(=O)OC)=CN(Cc3ccc(OC)c(OC)c3)C=C2C(=O)OC)cc(Br)c1OCC. The molecule has 0 saturated heterocycles. The lowest BCUT2D eigenvalue weighted by molar-refractivity contribution is -0.137. The summed E-state index contributed by atoms with van der Waals surface area (Å²) in [5.41, 5.74) is 2.01. The molecule has 1 aliphatic rings. The normalized spacial score (nSPS) is 13.3. The van der Waals surface area contributed by atoms with Gasteiger partial charge in [-0.15, -0.1) is 0 Å². The Hall–Kier alpha value is -3.66. The summed E-state index contributed by atoms with van der Waals surface area (Å²) in [6.07, 6.45) is 3.34. The highest BCUT2D eigenvalue weighted by Crippen LogP contribution is 2.44. The Kier molecular flexibility index (Phi) is 10.1. The van der Waals surface area contributed by atoms with Crippen molar-refractivity contribution in [1.82, 2.24) is 4.90 Å². The fourth-order valence-electron chi connectivity index (χ4n) is 4.23. The van der Waals surface area contributed by atoms with Gasteiger partial charge in [0, 0.05) is 18.9 Å². The number of methoxy groups -OCH3 is 4. The maximum absolute atomic E-state index is 13.1. The number of nitrogens with zero attached hydrogens (tertiary/aromatic N) is 1. The number of halogens is 1. The standard InChI is InChI=1S/C28H32BrNO8/c1-7-37-24-13-18(12-21(29)26(24)38-8-2)25-19(27(31)35-5)15-30(16-20(25)28(32)36-6)14-17-9-10-22(33-3)23(11-17)34-4/h9-13,15-16,25H,7-8,14H2,1-6H3. The minimum Gasteiger partial charge on any atom is -0.493 e. The molecule has 0 radical (unpaired) electrons. The molecule has 1 aliphatic heterocycles. The van der Waals surface area contributed by atoms with Gasteiger partial charge in [0.05, 0.1) is 63.2 Å². The van der Waals surface area contributed by atoms with Crippen molar-refractivity contribution in [3.8, 4) is 23.0 Å². The van der Waals surface area contributed by atoms with Crippen molar-refractivity contribution in [1.29, 1.82) is 0 Å². The maximum atomic E-state index is 13.1. The van der Waals surface area contributed by atoms with Crippen LogP contribution in [0.5, 0.6) is 23.0 Å². The molecule has 0 saturated carbocycles. The summed E-state index contributed by atoms with van der Waals surface area (Å²) < 4.78 is 33.2. The predicted molar refractivity (Wildman–Crippen MR) is 145 cm³/mol. The molecule has 0 fully saturated rings. The highest BCUT2D eigenvalue weighted by atomic mass is 79.9. The van der Waals surface area contributed by atoms with Gasteiger partial charge < -0.3 is 33.3 Å². The van der Waals surface area contributed by atoms with E-state index in [1.54, 1.807) is 49.7 Å². The van der Waals surface area contributed by atoms with Crippen LogP contribution >= 0.6 is 15.9 Å². The van der Waals surface area contributed by atoms with Crippen LogP contribution in [0.25, 0.3) is 0 Å². The van der Waals surface area contributed by atoms with E-state index in [2.05, 4.69) is 15.9 Å². The molecule has 3 rings (SSSR count). The van der Waals surface area contributed by atoms with Crippen molar-refractivity contribution in [3.05, 3.63) is 69.5 Å². The van der Waals surface area contributed by atoms with Crippen molar-refractivity contribution in [3.63, 3.8) is 0 Å². The summed E-state index contributed by atoms with van der Waals surface area (Å²) in [6, 6.07) is 9.07. The van der Waals surface area contributed by atoms with Crippen LogP contribution < -0.4 is 18.9 Å². The van der Waals surface area contributed by atoms with Gasteiger partial charge in [-0.2, -0.15) is 0 Å². The molecule has 2 aromatic carbocycles. The Morgan fingerprint density at radius 1 is 0.816 bits per heavy atom. The number of hydrogen-bond acceptors (Lipinski definition) is 9. The van der Waals surface area contributed by atoms with Gasteiger partial charge in [0.2, 0.25) is 0 Å². The van der Waals surface area contributed by atoms with Gasteiger partial charge in [-0.25, -0.2) is 9.59 Å². The van der Waals surface area contributed by atoms with Gasteiger partial charge in [0.25, 0.3) is 0 Å². The third-order valence-corrected chi connectivity index (χ3v) is 6.43. The largest absolute Gasteiger partial charge is 0.493 e. The monoisotopic (exact) mass is 589 g/mol. The molecule has 0 spiro atoms. The molecule has 9 nitrogen and oxygen atoms in total. The fraction of sp³-hybridized carbons (Fsp3) is 0.357. The zero-order chi connectivity index (χ0) is 27.8. The second-order valence-corrected chi connectivity index (χ2v) is 9.00. The molecular weight excluding hydrogens is 558 g/mol. The average Bonchev–Trinajstić information content (AvgIpc) is 2.93. The molecular formula is C28H32BrNO8. The van der Waals surface area contributed by atoms with Gasteiger partial charge in [-0.1, -0.05) is 6.07 Å². The molecule has 0 atom stereocenters. The first-order valence-corrected chi connectivity index (χ1v) is 12.8. The van der Waals surface area contributed by atoms with Crippen LogP contribution in [0.3, 0.4) is 0 Å². The topological polar surface area (TPSA) is 92.8 Å².